The molecule has 0 aliphatic carbocycles. The maximum atomic E-state index is 11.5. The van der Waals surface area contributed by atoms with Crippen LogP contribution < -0.4 is 0 Å². The summed E-state index contributed by atoms with van der Waals surface area (Å²) in [5.41, 5.74) is 1.01. The molecule has 26 heavy (non-hydrogen) atoms. The monoisotopic (exact) mass is 336 g/mol. The van der Waals surface area contributed by atoms with Gasteiger partial charge in [0.05, 0.1) is 0 Å². The molecule has 2 heteroatoms. The van der Waals surface area contributed by atoms with Gasteiger partial charge in [-0.15, -0.1) is 0 Å². The molecule has 5 aromatic carbocycles. The summed E-state index contributed by atoms with van der Waals surface area (Å²) in [7, 11) is 0. The van der Waals surface area contributed by atoms with Crippen molar-refractivity contribution in [2.24, 2.45) is 0 Å². The first-order chi connectivity index (χ1) is 12.8. The Bertz CT molecular complexity index is 1260. The van der Waals surface area contributed by atoms with Crippen LogP contribution in [0.5, 0.6) is 0 Å². The van der Waals surface area contributed by atoms with Crippen LogP contribution in [0.2, 0.25) is 0 Å². The van der Waals surface area contributed by atoms with E-state index in [1.54, 1.807) is 0 Å². The Hall–Kier alpha value is -3.39. The number of carbonyl (C=O) groups excluding carboxylic acids is 1. The highest BCUT2D eigenvalue weighted by molar-refractivity contribution is 6.33. The maximum absolute atomic E-state index is 11.5. The van der Waals surface area contributed by atoms with Gasteiger partial charge in [-0.2, -0.15) is 0 Å². The van der Waals surface area contributed by atoms with E-state index in [4.69, 9.17) is 4.74 Å². The molecule has 124 valence electrons. The lowest BCUT2D eigenvalue weighted by molar-refractivity contribution is -0.138. The molecular weight excluding hydrogens is 320 g/mol. The number of rotatable bonds is 3. The summed E-state index contributed by atoms with van der Waals surface area (Å²) in [6.45, 7) is 3.71. The Morgan fingerprint density at radius 1 is 0.769 bits per heavy atom. The van der Waals surface area contributed by atoms with Crippen molar-refractivity contribution < 1.29 is 9.53 Å². The first kappa shape index (κ1) is 14.9. The smallest absolute Gasteiger partial charge is 0.330 e. The molecule has 0 N–H and O–H groups in total. The van der Waals surface area contributed by atoms with E-state index in [-0.39, 0.29) is 6.61 Å². The van der Waals surface area contributed by atoms with Crippen LogP contribution in [0.3, 0.4) is 0 Å². The van der Waals surface area contributed by atoms with Crippen molar-refractivity contribution in [3.8, 4) is 0 Å². The summed E-state index contributed by atoms with van der Waals surface area (Å²) in [6.07, 6.45) is 1.20. The Morgan fingerprint density at radius 3 is 2.04 bits per heavy atom. The van der Waals surface area contributed by atoms with Gasteiger partial charge in [0.15, 0.2) is 0 Å². The zero-order chi connectivity index (χ0) is 17.7. The van der Waals surface area contributed by atoms with Gasteiger partial charge in [-0.1, -0.05) is 73.3 Å². The third-order valence-electron chi connectivity index (χ3n) is 5.15. The second-order valence-electron chi connectivity index (χ2n) is 6.52. The summed E-state index contributed by atoms with van der Waals surface area (Å²) < 4.78 is 5.29. The first-order valence-electron chi connectivity index (χ1n) is 8.64. The van der Waals surface area contributed by atoms with Gasteiger partial charge in [-0.3, -0.25) is 0 Å². The van der Waals surface area contributed by atoms with Gasteiger partial charge >= 0.3 is 5.97 Å². The van der Waals surface area contributed by atoms with Crippen molar-refractivity contribution >= 4 is 49.1 Å². The van der Waals surface area contributed by atoms with E-state index >= 15 is 0 Å². The van der Waals surface area contributed by atoms with Crippen LogP contribution in [-0.2, 0) is 16.1 Å². The van der Waals surface area contributed by atoms with Crippen LogP contribution in [-0.4, -0.2) is 5.97 Å². The molecule has 0 aliphatic heterocycles. The van der Waals surface area contributed by atoms with Crippen molar-refractivity contribution in [1.29, 1.82) is 0 Å². The van der Waals surface area contributed by atoms with E-state index in [9.17, 15) is 4.79 Å². The van der Waals surface area contributed by atoms with Gasteiger partial charge in [0.1, 0.15) is 6.61 Å². The Balaban J connectivity index is 1.90. The topological polar surface area (TPSA) is 26.3 Å². The molecule has 0 bridgehead atoms. The SMILES string of the molecule is C=CC(=O)OCc1ccc2c3cccc4cccc(c5cccc1c52)c43. The largest absolute Gasteiger partial charge is 0.458 e. The predicted molar refractivity (Wildman–Crippen MR) is 108 cm³/mol. The zero-order valence-corrected chi connectivity index (χ0v) is 14.2. The molecule has 0 unspecified atom stereocenters. The number of hydrogen-bond donors (Lipinski definition) is 0. The molecule has 0 fully saturated rings. The molecule has 0 aromatic heterocycles. The number of hydrogen-bond acceptors (Lipinski definition) is 2. The number of carbonyl (C=O) groups is 1. The van der Waals surface area contributed by atoms with E-state index in [2.05, 4.69) is 73.3 Å². The van der Waals surface area contributed by atoms with Gasteiger partial charge in [0, 0.05) is 6.08 Å². The Morgan fingerprint density at radius 2 is 1.35 bits per heavy atom. The second kappa shape index (κ2) is 5.57. The molecule has 5 rings (SSSR count). The van der Waals surface area contributed by atoms with E-state index in [1.807, 2.05) is 0 Å². The molecule has 0 atom stereocenters. The minimum Gasteiger partial charge on any atom is -0.458 e. The van der Waals surface area contributed by atoms with Gasteiger partial charge in [-0.05, 0) is 48.7 Å². The van der Waals surface area contributed by atoms with E-state index < -0.39 is 5.97 Å². The highest BCUT2D eigenvalue weighted by Gasteiger charge is 2.14. The molecule has 0 aliphatic rings. The fraction of sp³-hybridized carbons (Fsp3) is 0.0417. The lowest BCUT2D eigenvalue weighted by Crippen LogP contribution is -2.01. The summed E-state index contributed by atoms with van der Waals surface area (Å²) >= 11 is 0. The molecule has 2 nitrogen and oxygen atoms in total. The van der Waals surface area contributed by atoms with Crippen LogP contribution in [0.15, 0.2) is 79.4 Å². The van der Waals surface area contributed by atoms with Crippen LogP contribution in [0.25, 0.3) is 43.1 Å². The lowest BCUT2D eigenvalue weighted by Gasteiger charge is -2.16. The van der Waals surface area contributed by atoms with Crippen LogP contribution in [0, 0.1) is 0 Å². The standard InChI is InChI=1S/C24H16O2/c1-2-22(25)26-14-16-12-13-21-19-10-4-7-15-6-3-9-18(23(15)19)20-11-5-8-17(16)24(20)21/h2-13H,1,14H2. The number of ether oxygens (including phenoxy) is 1. The second-order valence-corrected chi connectivity index (χ2v) is 6.52. The molecule has 0 radical (unpaired) electrons. The minimum absolute atomic E-state index is 0.247. The highest BCUT2D eigenvalue weighted by Crippen LogP contribution is 2.40. The number of fused-ring (bicyclic) bond motifs is 2. The minimum atomic E-state index is -0.402. The molecule has 5 aromatic rings. The average molecular weight is 336 g/mol. The number of benzene rings is 5. The van der Waals surface area contributed by atoms with Crippen molar-refractivity contribution in [2.45, 2.75) is 6.61 Å². The van der Waals surface area contributed by atoms with E-state index in [0.29, 0.717) is 0 Å². The molecule has 0 heterocycles. The van der Waals surface area contributed by atoms with Gasteiger partial charge in [0.2, 0.25) is 0 Å². The Kier molecular flexibility index (Phi) is 3.19. The molecular formula is C24H16O2. The van der Waals surface area contributed by atoms with Crippen molar-refractivity contribution in [2.75, 3.05) is 0 Å². The molecule has 0 amide bonds. The predicted octanol–water partition coefficient (Wildman–Crippen LogP) is 5.97. The normalized spacial score (nSPS) is 11.5. The van der Waals surface area contributed by atoms with Gasteiger partial charge < -0.3 is 4.74 Å². The van der Waals surface area contributed by atoms with Gasteiger partial charge in [0.25, 0.3) is 0 Å². The van der Waals surface area contributed by atoms with Crippen molar-refractivity contribution in [1.82, 2.24) is 0 Å². The first-order valence-corrected chi connectivity index (χ1v) is 8.64. The zero-order valence-electron chi connectivity index (χ0n) is 14.2. The fourth-order valence-electron chi connectivity index (χ4n) is 4.04. The average Bonchev–Trinajstić information content (AvgIpc) is 2.70. The molecule has 0 spiro atoms. The number of esters is 1. The van der Waals surface area contributed by atoms with Gasteiger partial charge in [-0.25, -0.2) is 4.79 Å². The highest BCUT2D eigenvalue weighted by atomic mass is 16.5. The molecule has 0 saturated carbocycles. The maximum Gasteiger partial charge on any atom is 0.330 e. The lowest BCUT2D eigenvalue weighted by atomic mass is 9.88. The fourth-order valence-corrected chi connectivity index (χ4v) is 4.04. The summed E-state index contributed by atoms with van der Waals surface area (Å²) in [5.74, 6) is -0.402. The van der Waals surface area contributed by atoms with Crippen LogP contribution in [0.4, 0.5) is 0 Å². The quantitative estimate of drug-likeness (QED) is 0.176. The summed E-state index contributed by atoms with van der Waals surface area (Å²) in [6, 6.07) is 23.5. The molecule has 0 saturated heterocycles. The third kappa shape index (κ3) is 2.02. The van der Waals surface area contributed by atoms with Crippen molar-refractivity contribution in [3.63, 3.8) is 0 Å². The van der Waals surface area contributed by atoms with E-state index in [1.165, 1.54) is 43.8 Å². The Labute approximate surface area is 150 Å². The summed E-state index contributed by atoms with van der Waals surface area (Å²) in [4.78, 5) is 11.5. The van der Waals surface area contributed by atoms with Crippen LogP contribution in [0.1, 0.15) is 5.56 Å². The summed E-state index contributed by atoms with van der Waals surface area (Å²) in [5, 5.41) is 9.91. The van der Waals surface area contributed by atoms with Crippen molar-refractivity contribution in [3.05, 3.63) is 84.9 Å². The van der Waals surface area contributed by atoms with E-state index in [0.717, 1.165) is 10.9 Å². The van der Waals surface area contributed by atoms with Crippen LogP contribution >= 0.6 is 0 Å². The third-order valence-corrected chi connectivity index (χ3v) is 5.15.